The second-order valence-corrected chi connectivity index (χ2v) is 7.46. The fourth-order valence-electron chi connectivity index (χ4n) is 2.51. The van der Waals surface area contributed by atoms with E-state index in [1.165, 1.54) is 23.1 Å². The minimum Gasteiger partial charge on any atom is -0.510 e. The normalized spacial score (nSPS) is 15.5. The quantitative estimate of drug-likeness (QED) is 0.518. The lowest BCUT2D eigenvalue weighted by Gasteiger charge is -2.07. The lowest BCUT2D eigenvalue weighted by molar-refractivity contribution is 0.420. The van der Waals surface area contributed by atoms with E-state index in [-0.39, 0.29) is 11.3 Å². The van der Waals surface area contributed by atoms with E-state index in [2.05, 4.69) is 21.3 Å². The third kappa shape index (κ3) is 3.57. The molecule has 6 nitrogen and oxygen atoms in total. The molecule has 0 radical (unpaired) electrons. The molecule has 1 aliphatic rings. The maximum atomic E-state index is 10.4. The Morgan fingerprint density at radius 3 is 3.04 bits per heavy atom. The van der Waals surface area contributed by atoms with E-state index in [0.717, 1.165) is 48.1 Å². The van der Waals surface area contributed by atoms with Gasteiger partial charge in [-0.05, 0) is 19.8 Å². The number of nitriles is 1. The predicted molar refractivity (Wildman–Crippen MR) is 90.3 cm³/mol. The van der Waals surface area contributed by atoms with E-state index in [9.17, 15) is 10.4 Å². The molecule has 2 aromatic heterocycles. The Morgan fingerprint density at radius 1 is 1.43 bits per heavy atom. The highest BCUT2D eigenvalue weighted by molar-refractivity contribution is 8.01. The van der Waals surface area contributed by atoms with Gasteiger partial charge in [0.2, 0.25) is 0 Å². The fourth-order valence-corrected chi connectivity index (χ4v) is 4.24. The van der Waals surface area contributed by atoms with Gasteiger partial charge < -0.3 is 9.67 Å². The topological polar surface area (TPSA) is 87.6 Å². The largest absolute Gasteiger partial charge is 0.510 e. The third-order valence-electron chi connectivity index (χ3n) is 3.66. The highest BCUT2D eigenvalue weighted by Gasteiger charge is 2.20. The Hall–Kier alpha value is -1.85. The van der Waals surface area contributed by atoms with Gasteiger partial charge in [-0.25, -0.2) is 4.98 Å². The smallest absolute Gasteiger partial charge is 0.178 e. The molecule has 0 saturated carbocycles. The van der Waals surface area contributed by atoms with Gasteiger partial charge in [0, 0.05) is 24.0 Å². The van der Waals surface area contributed by atoms with Crippen molar-refractivity contribution in [2.75, 3.05) is 5.75 Å². The molecule has 0 unspecified atom stereocenters. The van der Waals surface area contributed by atoms with Crippen molar-refractivity contribution >= 4 is 28.7 Å². The highest BCUT2D eigenvalue weighted by atomic mass is 32.2. The summed E-state index contributed by atoms with van der Waals surface area (Å²) in [6.07, 6.45) is 4.17. The monoisotopic (exact) mass is 347 g/mol. The molecule has 3 rings (SSSR count). The van der Waals surface area contributed by atoms with E-state index in [1.807, 2.05) is 16.9 Å². The second kappa shape index (κ2) is 7.15. The number of aliphatic hydroxyl groups is 1. The zero-order chi connectivity index (χ0) is 16.2. The van der Waals surface area contributed by atoms with Gasteiger partial charge in [-0.1, -0.05) is 18.2 Å². The van der Waals surface area contributed by atoms with Crippen LogP contribution in [0.25, 0.3) is 5.57 Å². The van der Waals surface area contributed by atoms with E-state index >= 15 is 0 Å². The number of hydrogen-bond acceptors (Lipinski definition) is 7. The summed E-state index contributed by atoms with van der Waals surface area (Å²) >= 11 is 2.96. The first-order chi connectivity index (χ1) is 11.2. The first-order valence-corrected chi connectivity index (χ1v) is 9.35. The highest BCUT2D eigenvalue weighted by Crippen LogP contribution is 2.27. The summed E-state index contributed by atoms with van der Waals surface area (Å²) in [4.78, 5) is 4.34. The van der Waals surface area contributed by atoms with Crippen LogP contribution in [-0.2, 0) is 13.0 Å². The van der Waals surface area contributed by atoms with Crippen LogP contribution in [0, 0.1) is 18.3 Å². The van der Waals surface area contributed by atoms with Gasteiger partial charge in [-0.15, -0.1) is 21.5 Å². The summed E-state index contributed by atoms with van der Waals surface area (Å²) in [6, 6.07) is 2.09. The zero-order valence-corrected chi connectivity index (χ0v) is 14.5. The number of fused-ring (bicyclic) bond motifs is 1. The van der Waals surface area contributed by atoms with Crippen LogP contribution in [0.2, 0.25) is 0 Å². The van der Waals surface area contributed by atoms with Crippen molar-refractivity contribution in [1.29, 1.82) is 5.26 Å². The van der Waals surface area contributed by atoms with Crippen LogP contribution >= 0.6 is 23.1 Å². The first kappa shape index (κ1) is 16.0. The van der Waals surface area contributed by atoms with Gasteiger partial charge >= 0.3 is 0 Å². The molecule has 2 aromatic rings. The number of allylic oxidation sites excluding steroid dienone is 1. The molecule has 0 saturated heterocycles. The fraction of sp³-hybridized carbons (Fsp3) is 0.467. The summed E-state index contributed by atoms with van der Waals surface area (Å²) in [5.74, 6) is 1.72. The van der Waals surface area contributed by atoms with Crippen LogP contribution < -0.4 is 0 Å². The zero-order valence-electron chi connectivity index (χ0n) is 12.8. The summed E-state index contributed by atoms with van der Waals surface area (Å²) in [5.41, 5.74) is 1.18. The van der Waals surface area contributed by atoms with Crippen molar-refractivity contribution in [1.82, 2.24) is 19.7 Å². The van der Waals surface area contributed by atoms with Crippen molar-refractivity contribution in [3.8, 4) is 6.07 Å². The summed E-state index contributed by atoms with van der Waals surface area (Å²) in [6.45, 7) is 2.73. The van der Waals surface area contributed by atoms with Crippen LogP contribution in [0.3, 0.4) is 0 Å². The van der Waals surface area contributed by atoms with Gasteiger partial charge in [0.25, 0.3) is 0 Å². The Labute approximate surface area is 142 Å². The Bertz CT molecular complexity index is 771. The number of nitrogens with zero attached hydrogens (tertiary/aromatic N) is 5. The Balaban J connectivity index is 1.83. The average molecular weight is 347 g/mol. The minimum atomic E-state index is 0.0322. The first-order valence-electron chi connectivity index (χ1n) is 7.48. The van der Waals surface area contributed by atoms with Gasteiger partial charge in [-0.2, -0.15) is 5.26 Å². The summed E-state index contributed by atoms with van der Waals surface area (Å²) in [5, 5.41) is 30.1. The Morgan fingerprint density at radius 2 is 2.30 bits per heavy atom. The van der Waals surface area contributed by atoms with E-state index < -0.39 is 0 Å². The van der Waals surface area contributed by atoms with Crippen molar-refractivity contribution < 1.29 is 5.11 Å². The molecule has 0 atom stereocenters. The molecule has 0 aromatic carbocycles. The van der Waals surface area contributed by atoms with E-state index in [0.29, 0.717) is 11.6 Å². The Kier molecular flexibility index (Phi) is 4.98. The molecule has 23 heavy (non-hydrogen) atoms. The summed E-state index contributed by atoms with van der Waals surface area (Å²) in [7, 11) is 0. The number of aromatic nitrogens is 4. The number of rotatable bonds is 4. The summed E-state index contributed by atoms with van der Waals surface area (Å²) < 4.78 is 2.85. The standard InChI is InChI=1S/C15H17N5OS2/c1-10-8-22-15(17-10)23-9-12(21)11(7-16)14-19-18-13-5-3-2-4-6-20(13)14/h8,21H,2-6,9H2,1H3. The lowest BCUT2D eigenvalue weighted by Crippen LogP contribution is -2.07. The lowest BCUT2D eigenvalue weighted by atomic mass is 10.2. The molecule has 0 bridgehead atoms. The number of aryl methyl sites for hydroxylation is 2. The van der Waals surface area contributed by atoms with Gasteiger partial charge in [-0.3, -0.25) is 0 Å². The van der Waals surface area contributed by atoms with Crippen molar-refractivity contribution in [3.05, 3.63) is 28.5 Å². The SMILES string of the molecule is Cc1csc(SCC(O)=C(C#N)c2nnc3n2CCCCC3)n1. The molecular formula is C15H17N5OS2. The van der Waals surface area contributed by atoms with Crippen LogP contribution in [0.5, 0.6) is 0 Å². The van der Waals surface area contributed by atoms with Crippen LogP contribution in [0.4, 0.5) is 0 Å². The predicted octanol–water partition coefficient (Wildman–Crippen LogP) is 3.35. The van der Waals surface area contributed by atoms with Crippen molar-refractivity contribution in [2.45, 2.75) is 43.5 Å². The van der Waals surface area contributed by atoms with Gasteiger partial charge in [0.1, 0.15) is 23.2 Å². The van der Waals surface area contributed by atoms with Crippen LogP contribution in [0.1, 0.15) is 36.6 Å². The average Bonchev–Trinajstić information content (AvgIpc) is 3.06. The van der Waals surface area contributed by atoms with Gasteiger partial charge in [0.15, 0.2) is 10.2 Å². The molecule has 8 heteroatoms. The number of thioether (sulfide) groups is 1. The minimum absolute atomic E-state index is 0.0322. The number of thiazole rings is 1. The van der Waals surface area contributed by atoms with E-state index in [1.54, 1.807) is 0 Å². The molecule has 3 heterocycles. The maximum absolute atomic E-state index is 10.4. The number of hydrogen-bond donors (Lipinski definition) is 1. The molecule has 0 spiro atoms. The molecular weight excluding hydrogens is 330 g/mol. The van der Waals surface area contributed by atoms with Crippen LogP contribution in [0.15, 0.2) is 15.5 Å². The van der Waals surface area contributed by atoms with Crippen molar-refractivity contribution in [3.63, 3.8) is 0 Å². The molecule has 1 aliphatic heterocycles. The van der Waals surface area contributed by atoms with Crippen molar-refractivity contribution in [2.24, 2.45) is 0 Å². The van der Waals surface area contributed by atoms with E-state index in [4.69, 9.17) is 0 Å². The molecule has 0 fully saturated rings. The molecule has 0 aliphatic carbocycles. The van der Waals surface area contributed by atoms with Gasteiger partial charge in [0.05, 0.1) is 5.75 Å². The number of aliphatic hydroxyl groups excluding tert-OH is 1. The molecule has 120 valence electrons. The second-order valence-electron chi connectivity index (χ2n) is 5.38. The molecule has 1 N–H and O–H groups in total. The third-order valence-corrected chi connectivity index (χ3v) is 5.81. The maximum Gasteiger partial charge on any atom is 0.178 e. The molecule has 0 amide bonds. The van der Waals surface area contributed by atoms with Crippen LogP contribution in [-0.4, -0.2) is 30.6 Å².